The van der Waals surface area contributed by atoms with Gasteiger partial charge in [-0.3, -0.25) is 9.78 Å². The van der Waals surface area contributed by atoms with Gasteiger partial charge in [-0.05, 0) is 38.7 Å². The Morgan fingerprint density at radius 2 is 2.04 bits per heavy atom. The van der Waals surface area contributed by atoms with E-state index in [-0.39, 0.29) is 18.0 Å². The maximum atomic E-state index is 12.4. The van der Waals surface area contributed by atoms with Crippen molar-refractivity contribution in [2.75, 3.05) is 46.1 Å². The number of aryl methyl sites for hydroxylation is 1. The fraction of sp³-hybridized carbons (Fsp3) is 0.444. The lowest BCUT2D eigenvalue weighted by Crippen LogP contribution is -2.45. The van der Waals surface area contributed by atoms with Gasteiger partial charge in [-0.15, -0.1) is 0 Å². The highest BCUT2D eigenvalue weighted by molar-refractivity contribution is 5.78. The number of hydrogen-bond donors (Lipinski definition) is 1. The van der Waals surface area contributed by atoms with E-state index in [1.807, 2.05) is 43.0 Å². The summed E-state index contributed by atoms with van der Waals surface area (Å²) in [4.78, 5) is 28.8. The highest BCUT2D eigenvalue weighted by Gasteiger charge is 2.27. The molecule has 1 saturated heterocycles. The molecule has 0 bridgehead atoms. The largest absolute Gasteiger partial charge is 0.368 e. The third-order valence-corrected chi connectivity index (χ3v) is 4.18. The SMILES string of the molecule is Cc1cc(-c2cnc(N)nc2)cc([C@H]2CN(C(=O)CN(C)C)CCO2)n1. The zero-order valence-electron chi connectivity index (χ0n) is 15.3. The molecule has 0 spiro atoms. The standard InChI is InChI=1S/C18H24N6O2/c1-12-6-13(14-8-20-18(19)21-9-14)7-15(22-12)16-10-24(4-5-26-16)17(25)11-23(2)3/h6-9,16H,4-5,10-11H2,1-3H3,(H2,19,20,21)/t16-/m1/s1. The van der Waals surface area contributed by atoms with Crippen LogP contribution in [0.25, 0.3) is 11.1 Å². The average Bonchev–Trinajstić information content (AvgIpc) is 2.61. The van der Waals surface area contributed by atoms with Gasteiger partial charge in [0.05, 0.1) is 25.4 Å². The number of anilines is 1. The number of morpholine rings is 1. The van der Waals surface area contributed by atoms with Crippen LogP contribution in [0.3, 0.4) is 0 Å². The van der Waals surface area contributed by atoms with E-state index in [0.29, 0.717) is 26.2 Å². The van der Waals surface area contributed by atoms with Gasteiger partial charge in [-0.25, -0.2) is 9.97 Å². The van der Waals surface area contributed by atoms with Crippen molar-refractivity contribution >= 4 is 11.9 Å². The first-order chi connectivity index (χ1) is 12.4. The van der Waals surface area contributed by atoms with Crippen LogP contribution in [0.1, 0.15) is 17.5 Å². The summed E-state index contributed by atoms with van der Waals surface area (Å²) >= 11 is 0. The second-order valence-corrected chi connectivity index (χ2v) is 6.69. The van der Waals surface area contributed by atoms with Crippen LogP contribution in [0.5, 0.6) is 0 Å². The van der Waals surface area contributed by atoms with Crippen LogP contribution in [-0.4, -0.2) is 71.0 Å². The van der Waals surface area contributed by atoms with Gasteiger partial charge in [0.2, 0.25) is 11.9 Å². The molecule has 1 amide bonds. The van der Waals surface area contributed by atoms with Crippen LogP contribution in [0.4, 0.5) is 5.95 Å². The summed E-state index contributed by atoms with van der Waals surface area (Å²) in [5, 5.41) is 0. The van der Waals surface area contributed by atoms with Crippen LogP contribution < -0.4 is 5.73 Å². The quantitative estimate of drug-likeness (QED) is 0.869. The van der Waals surface area contributed by atoms with E-state index in [4.69, 9.17) is 10.5 Å². The lowest BCUT2D eigenvalue weighted by Gasteiger charge is -2.33. The molecule has 0 radical (unpaired) electrons. The topological polar surface area (TPSA) is 97.5 Å². The van der Waals surface area contributed by atoms with Gasteiger partial charge in [0, 0.05) is 30.2 Å². The first kappa shape index (κ1) is 18.2. The molecule has 8 heteroatoms. The van der Waals surface area contributed by atoms with Crippen LogP contribution in [-0.2, 0) is 9.53 Å². The lowest BCUT2D eigenvalue weighted by molar-refractivity contribution is -0.139. The molecule has 3 rings (SSSR count). The highest BCUT2D eigenvalue weighted by atomic mass is 16.5. The number of nitrogens with two attached hydrogens (primary N) is 1. The summed E-state index contributed by atoms with van der Waals surface area (Å²) < 4.78 is 5.89. The van der Waals surface area contributed by atoms with Gasteiger partial charge < -0.3 is 20.3 Å². The minimum absolute atomic E-state index is 0.100. The van der Waals surface area contributed by atoms with Gasteiger partial charge in [0.15, 0.2) is 0 Å². The summed E-state index contributed by atoms with van der Waals surface area (Å²) in [5.74, 6) is 0.341. The number of nitrogen functional groups attached to an aromatic ring is 1. The predicted octanol–water partition coefficient (Wildman–Crippen LogP) is 0.891. The Morgan fingerprint density at radius 3 is 2.73 bits per heavy atom. The molecule has 138 valence electrons. The third-order valence-electron chi connectivity index (χ3n) is 4.18. The third kappa shape index (κ3) is 4.33. The number of pyridine rings is 1. The molecule has 3 heterocycles. The molecule has 1 atom stereocenters. The highest BCUT2D eigenvalue weighted by Crippen LogP contribution is 2.26. The number of carbonyl (C=O) groups is 1. The zero-order valence-corrected chi connectivity index (χ0v) is 15.3. The predicted molar refractivity (Wildman–Crippen MR) is 98.2 cm³/mol. The van der Waals surface area contributed by atoms with Crippen molar-refractivity contribution in [3.63, 3.8) is 0 Å². The number of amides is 1. The molecule has 0 aliphatic carbocycles. The minimum Gasteiger partial charge on any atom is -0.368 e. The second kappa shape index (κ2) is 7.76. The van der Waals surface area contributed by atoms with Gasteiger partial charge in [-0.1, -0.05) is 0 Å². The number of carbonyl (C=O) groups excluding carboxylic acids is 1. The number of aromatic nitrogens is 3. The molecule has 2 aromatic heterocycles. The van der Waals surface area contributed by atoms with Crippen molar-refractivity contribution in [3.05, 3.63) is 35.9 Å². The Balaban J connectivity index is 1.82. The van der Waals surface area contributed by atoms with Crippen LogP contribution in [0.2, 0.25) is 0 Å². The van der Waals surface area contributed by atoms with Crippen LogP contribution >= 0.6 is 0 Å². The summed E-state index contributed by atoms with van der Waals surface area (Å²) in [6.07, 6.45) is 3.13. The molecule has 0 aromatic carbocycles. The molecule has 26 heavy (non-hydrogen) atoms. The van der Waals surface area contributed by atoms with E-state index < -0.39 is 0 Å². The number of ether oxygens (including phenoxy) is 1. The fourth-order valence-electron chi connectivity index (χ4n) is 2.94. The molecule has 0 saturated carbocycles. The Bertz CT molecular complexity index is 778. The fourth-order valence-corrected chi connectivity index (χ4v) is 2.94. The molecule has 8 nitrogen and oxygen atoms in total. The molecule has 1 aliphatic rings. The lowest BCUT2D eigenvalue weighted by atomic mass is 10.1. The summed E-state index contributed by atoms with van der Waals surface area (Å²) in [5.41, 5.74) is 9.05. The Kier molecular flexibility index (Phi) is 5.43. The van der Waals surface area contributed by atoms with Crippen molar-refractivity contribution in [2.45, 2.75) is 13.0 Å². The Hall–Kier alpha value is -2.58. The number of hydrogen-bond acceptors (Lipinski definition) is 7. The van der Waals surface area contributed by atoms with Crippen molar-refractivity contribution in [3.8, 4) is 11.1 Å². The Labute approximate surface area is 153 Å². The van der Waals surface area contributed by atoms with Crippen molar-refractivity contribution < 1.29 is 9.53 Å². The molecule has 0 unspecified atom stereocenters. The smallest absolute Gasteiger partial charge is 0.236 e. The first-order valence-corrected chi connectivity index (χ1v) is 8.53. The first-order valence-electron chi connectivity index (χ1n) is 8.53. The normalized spacial score (nSPS) is 17.5. The molecule has 1 aliphatic heterocycles. The van der Waals surface area contributed by atoms with Crippen molar-refractivity contribution in [2.24, 2.45) is 0 Å². The number of nitrogens with zero attached hydrogens (tertiary/aromatic N) is 5. The minimum atomic E-state index is -0.247. The summed E-state index contributed by atoms with van der Waals surface area (Å²) in [6, 6.07) is 3.93. The van der Waals surface area contributed by atoms with Crippen LogP contribution in [0, 0.1) is 6.92 Å². The van der Waals surface area contributed by atoms with E-state index in [2.05, 4.69) is 15.0 Å². The maximum Gasteiger partial charge on any atom is 0.236 e. The number of likely N-dealkylation sites (N-methyl/N-ethyl adjacent to an activating group) is 1. The van der Waals surface area contributed by atoms with Crippen molar-refractivity contribution in [1.29, 1.82) is 0 Å². The summed E-state index contributed by atoms with van der Waals surface area (Å²) in [6.45, 7) is 3.93. The van der Waals surface area contributed by atoms with E-state index in [1.165, 1.54) is 0 Å². The molecular formula is C18H24N6O2. The summed E-state index contributed by atoms with van der Waals surface area (Å²) in [7, 11) is 3.78. The van der Waals surface area contributed by atoms with Gasteiger partial charge in [-0.2, -0.15) is 0 Å². The van der Waals surface area contributed by atoms with Gasteiger partial charge >= 0.3 is 0 Å². The second-order valence-electron chi connectivity index (χ2n) is 6.69. The maximum absolute atomic E-state index is 12.4. The molecular weight excluding hydrogens is 332 g/mol. The van der Waals surface area contributed by atoms with E-state index >= 15 is 0 Å². The monoisotopic (exact) mass is 356 g/mol. The van der Waals surface area contributed by atoms with E-state index in [1.54, 1.807) is 12.4 Å². The zero-order chi connectivity index (χ0) is 18.7. The molecule has 2 aromatic rings. The van der Waals surface area contributed by atoms with E-state index in [0.717, 1.165) is 22.5 Å². The average molecular weight is 356 g/mol. The molecule has 1 fully saturated rings. The van der Waals surface area contributed by atoms with Crippen LogP contribution in [0.15, 0.2) is 24.5 Å². The number of rotatable bonds is 4. The molecule has 2 N–H and O–H groups in total. The van der Waals surface area contributed by atoms with Gasteiger partial charge in [0.1, 0.15) is 6.10 Å². The van der Waals surface area contributed by atoms with E-state index in [9.17, 15) is 4.79 Å². The van der Waals surface area contributed by atoms with Gasteiger partial charge in [0.25, 0.3) is 0 Å². The van der Waals surface area contributed by atoms with Crippen molar-refractivity contribution in [1.82, 2.24) is 24.8 Å². The Morgan fingerprint density at radius 1 is 1.31 bits per heavy atom.